The number of hydrogen-bond donors (Lipinski definition) is 2. The van der Waals surface area contributed by atoms with Gasteiger partial charge in [-0.1, -0.05) is 6.58 Å². The Morgan fingerprint density at radius 1 is 1.32 bits per heavy atom. The van der Waals surface area contributed by atoms with Crippen LogP contribution in [-0.2, 0) is 4.79 Å². The lowest BCUT2D eigenvalue weighted by molar-refractivity contribution is -0.127. The topological polar surface area (TPSA) is 104 Å². The summed E-state index contributed by atoms with van der Waals surface area (Å²) in [5, 5.41) is 6.70. The molecule has 4 amide bonds. The van der Waals surface area contributed by atoms with Crippen LogP contribution in [0.4, 0.5) is 21.9 Å². The molecule has 0 aliphatic carbocycles. The van der Waals surface area contributed by atoms with E-state index < -0.39 is 0 Å². The number of aryl methyl sites for hydroxylation is 1. The van der Waals surface area contributed by atoms with E-state index in [0.717, 1.165) is 29.5 Å². The number of pyridine rings is 1. The highest BCUT2D eigenvalue weighted by Gasteiger charge is 2.34. The van der Waals surface area contributed by atoms with Crippen LogP contribution in [0.25, 0.3) is 10.2 Å². The van der Waals surface area contributed by atoms with Gasteiger partial charge in [0.2, 0.25) is 5.91 Å². The lowest BCUT2D eigenvalue weighted by atomic mass is 10.1. The molecule has 2 N–H and O–H groups in total. The second-order valence-electron chi connectivity index (χ2n) is 9.50. The van der Waals surface area contributed by atoms with E-state index in [2.05, 4.69) is 22.2 Å². The Kier molecular flexibility index (Phi) is 6.59. The van der Waals surface area contributed by atoms with Crippen molar-refractivity contribution in [2.45, 2.75) is 45.8 Å². The first-order chi connectivity index (χ1) is 17.8. The van der Waals surface area contributed by atoms with E-state index in [4.69, 9.17) is 4.74 Å². The molecule has 37 heavy (non-hydrogen) atoms. The monoisotopic (exact) mass is 519 g/mol. The van der Waals surface area contributed by atoms with E-state index in [0.29, 0.717) is 39.9 Å². The third kappa shape index (κ3) is 4.64. The summed E-state index contributed by atoms with van der Waals surface area (Å²) in [5.41, 5.74) is 2.73. The quantitative estimate of drug-likeness (QED) is 0.447. The molecule has 2 aliphatic heterocycles. The van der Waals surface area contributed by atoms with Crippen LogP contribution >= 0.6 is 11.3 Å². The molecule has 192 valence electrons. The maximum absolute atomic E-state index is 13.4. The summed E-state index contributed by atoms with van der Waals surface area (Å²) in [6.45, 7) is 10.5. The number of anilines is 3. The van der Waals surface area contributed by atoms with Crippen LogP contribution in [0.3, 0.4) is 0 Å². The molecule has 1 atom stereocenters. The minimum atomic E-state index is -0.357. The van der Waals surface area contributed by atoms with Crippen molar-refractivity contribution >= 4 is 56.5 Å². The molecule has 1 unspecified atom stereocenters. The highest BCUT2D eigenvalue weighted by Crippen LogP contribution is 2.46. The molecular weight excluding hydrogens is 490 g/mol. The predicted octanol–water partition coefficient (Wildman–Crippen LogP) is 4.98. The number of piperidine rings is 1. The third-order valence-electron chi connectivity index (χ3n) is 6.47. The summed E-state index contributed by atoms with van der Waals surface area (Å²) in [4.78, 5) is 47.6. The van der Waals surface area contributed by atoms with Gasteiger partial charge in [0.25, 0.3) is 5.91 Å². The average Bonchev–Trinajstić information content (AvgIpc) is 3.24. The van der Waals surface area contributed by atoms with Crippen molar-refractivity contribution < 1.29 is 19.1 Å². The van der Waals surface area contributed by atoms with Crippen molar-refractivity contribution in [3.63, 3.8) is 0 Å². The molecule has 4 heterocycles. The van der Waals surface area contributed by atoms with E-state index in [1.54, 1.807) is 22.1 Å². The van der Waals surface area contributed by atoms with Crippen LogP contribution < -0.4 is 20.3 Å². The molecule has 2 aromatic heterocycles. The van der Waals surface area contributed by atoms with E-state index >= 15 is 0 Å². The van der Waals surface area contributed by atoms with Crippen LogP contribution in [0.2, 0.25) is 0 Å². The number of thiophene rings is 1. The fourth-order valence-corrected chi connectivity index (χ4v) is 5.86. The molecule has 2 aliphatic rings. The number of benzene rings is 1. The van der Waals surface area contributed by atoms with Gasteiger partial charge in [-0.2, -0.15) is 0 Å². The van der Waals surface area contributed by atoms with Crippen molar-refractivity contribution in [1.29, 1.82) is 0 Å². The number of rotatable bonds is 6. The number of amides is 4. The predicted molar refractivity (Wildman–Crippen MR) is 145 cm³/mol. The molecule has 10 heteroatoms. The molecule has 9 nitrogen and oxygen atoms in total. The largest absolute Gasteiger partial charge is 0.491 e. The van der Waals surface area contributed by atoms with Crippen LogP contribution in [0.15, 0.2) is 43.1 Å². The minimum Gasteiger partial charge on any atom is -0.491 e. The first kappa shape index (κ1) is 24.8. The molecule has 0 spiro atoms. The number of ether oxygens (including phenoxy) is 1. The molecule has 1 fully saturated rings. The summed E-state index contributed by atoms with van der Waals surface area (Å²) in [6.07, 6.45) is 4.54. The maximum atomic E-state index is 13.4. The van der Waals surface area contributed by atoms with Crippen molar-refractivity contribution in [1.82, 2.24) is 15.2 Å². The van der Waals surface area contributed by atoms with Gasteiger partial charge in [0.15, 0.2) is 0 Å². The average molecular weight is 520 g/mol. The van der Waals surface area contributed by atoms with Crippen LogP contribution in [0.1, 0.15) is 41.9 Å². The Bertz CT molecular complexity index is 1420. The standard InChI is InChI=1S/C27H29N5O4S/c1-5-21(33)31-12-6-7-17(14-31)29-25(34)24-23-22-19(10-11-28-26(22)37-24)32(27(35)30-23)18-8-9-20(16(4)13-18)36-15(2)3/h5,8-11,13,15,17H,1,6-7,12,14H2,2-4H3,(H,29,34)(H,30,35). The van der Waals surface area contributed by atoms with Gasteiger partial charge in [-0.05, 0) is 69.5 Å². The van der Waals surface area contributed by atoms with E-state index in [-0.39, 0.29) is 30.0 Å². The van der Waals surface area contributed by atoms with Gasteiger partial charge in [-0.25, -0.2) is 9.78 Å². The third-order valence-corrected chi connectivity index (χ3v) is 7.57. The SMILES string of the molecule is C=CC(=O)N1CCCC(NC(=O)c2sc3nccc4c3c2NC(=O)N4c2ccc(OC(C)C)c(C)c2)C1. The number of urea groups is 1. The van der Waals surface area contributed by atoms with Gasteiger partial charge in [0.05, 0.1) is 28.6 Å². The molecule has 1 aromatic carbocycles. The smallest absolute Gasteiger partial charge is 0.331 e. The second-order valence-corrected chi connectivity index (χ2v) is 10.5. The van der Waals surface area contributed by atoms with E-state index in [9.17, 15) is 14.4 Å². The summed E-state index contributed by atoms with van der Waals surface area (Å²) in [5.74, 6) is 0.333. The fraction of sp³-hybridized carbons (Fsp3) is 0.333. The Labute approximate surface area is 219 Å². The Hall–Kier alpha value is -3.92. The van der Waals surface area contributed by atoms with Crippen molar-refractivity contribution in [3.8, 4) is 5.75 Å². The number of likely N-dealkylation sites (tertiary alicyclic amines) is 1. The lowest BCUT2D eigenvalue weighted by Crippen LogP contribution is -2.49. The number of aromatic nitrogens is 1. The Morgan fingerprint density at radius 2 is 2.14 bits per heavy atom. The summed E-state index contributed by atoms with van der Waals surface area (Å²) >= 11 is 1.24. The van der Waals surface area contributed by atoms with Crippen LogP contribution in [0, 0.1) is 6.92 Å². The number of nitrogens with one attached hydrogen (secondary N) is 2. The van der Waals surface area contributed by atoms with E-state index in [1.807, 2.05) is 39.0 Å². The number of nitrogens with zero attached hydrogens (tertiary/aromatic N) is 3. The van der Waals surface area contributed by atoms with Gasteiger partial charge < -0.3 is 20.3 Å². The van der Waals surface area contributed by atoms with Crippen molar-refractivity contribution in [2.75, 3.05) is 23.3 Å². The van der Waals surface area contributed by atoms with Crippen LogP contribution in [-0.4, -0.2) is 53.0 Å². The molecule has 0 saturated carbocycles. The lowest BCUT2D eigenvalue weighted by Gasteiger charge is -2.32. The number of carbonyl (C=O) groups is 3. The van der Waals surface area contributed by atoms with Gasteiger partial charge in [0, 0.05) is 25.3 Å². The number of hydrogen-bond acceptors (Lipinski definition) is 6. The number of carbonyl (C=O) groups excluding carboxylic acids is 3. The highest BCUT2D eigenvalue weighted by molar-refractivity contribution is 7.21. The molecule has 0 bridgehead atoms. The second kappa shape index (κ2) is 9.85. The molecule has 0 radical (unpaired) electrons. The fourth-order valence-electron chi connectivity index (χ4n) is 4.83. The van der Waals surface area contributed by atoms with E-state index in [1.165, 1.54) is 17.4 Å². The van der Waals surface area contributed by atoms with Gasteiger partial charge in [-0.15, -0.1) is 11.3 Å². The Balaban J connectivity index is 1.46. The first-order valence-corrected chi connectivity index (χ1v) is 13.1. The summed E-state index contributed by atoms with van der Waals surface area (Å²) in [7, 11) is 0. The van der Waals surface area contributed by atoms with Crippen molar-refractivity contribution in [2.24, 2.45) is 0 Å². The molecule has 1 saturated heterocycles. The molecule has 3 aromatic rings. The van der Waals surface area contributed by atoms with Crippen LogP contribution in [0.5, 0.6) is 5.75 Å². The first-order valence-electron chi connectivity index (χ1n) is 12.3. The zero-order valence-electron chi connectivity index (χ0n) is 21.0. The normalized spacial score (nSPS) is 17.1. The summed E-state index contributed by atoms with van der Waals surface area (Å²) < 4.78 is 5.85. The summed E-state index contributed by atoms with van der Waals surface area (Å²) in [6, 6.07) is 6.87. The zero-order chi connectivity index (χ0) is 26.3. The van der Waals surface area contributed by atoms with Gasteiger partial charge in [-0.3, -0.25) is 14.5 Å². The minimum absolute atomic E-state index is 0.0414. The van der Waals surface area contributed by atoms with Gasteiger partial charge >= 0.3 is 6.03 Å². The highest BCUT2D eigenvalue weighted by atomic mass is 32.1. The molecule has 5 rings (SSSR count). The maximum Gasteiger partial charge on any atom is 0.331 e. The van der Waals surface area contributed by atoms with Crippen molar-refractivity contribution in [3.05, 3.63) is 53.6 Å². The zero-order valence-corrected chi connectivity index (χ0v) is 21.9. The van der Waals surface area contributed by atoms with Gasteiger partial charge in [0.1, 0.15) is 15.5 Å². The Morgan fingerprint density at radius 3 is 2.86 bits per heavy atom. The molecular formula is C27H29N5O4S.